The summed E-state index contributed by atoms with van der Waals surface area (Å²) in [5.74, 6) is 0. The zero-order valence-corrected chi connectivity index (χ0v) is 33.5. The molecule has 6 rings (SSSR count). The van der Waals surface area contributed by atoms with Gasteiger partial charge in [-0.15, -0.1) is 0 Å². The van der Waals surface area contributed by atoms with Crippen molar-refractivity contribution < 1.29 is 0 Å². The Morgan fingerprint density at radius 1 is 0.291 bits per heavy atom. The minimum atomic E-state index is 0.821. The monoisotopic (exact) mass is 726 g/mol. The van der Waals surface area contributed by atoms with Crippen molar-refractivity contribution in [1.29, 1.82) is 0 Å². The van der Waals surface area contributed by atoms with E-state index in [1.165, 1.54) is 118 Å². The fourth-order valence-corrected chi connectivity index (χ4v) is 7.84. The first-order valence-corrected chi connectivity index (χ1v) is 21.0. The second-order valence-electron chi connectivity index (χ2n) is 15.8. The average Bonchev–Trinajstić information content (AvgIpc) is 3.20. The number of rotatable bonds is 20. The van der Waals surface area contributed by atoms with Gasteiger partial charge in [0.1, 0.15) is 0 Å². The maximum atomic E-state index is 5.94. The summed E-state index contributed by atoms with van der Waals surface area (Å²) in [6.45, 7) is 4.57. The third kappa shape index (κ3) is 12.5. The Hall–Kier alpha value is -5.08. The highest BCUT2D eigenvalue weighted by molar-refractivity contribution is 5.44. The van der Waals surface area contributed by atoms with Crippen molar-refractivity contribution in [3.05, 3.63) is 200 Å². The lowest BCUT2D eigenvalue weighted by Gasteiger charge is -2.14. The molecule has 0 radical (unpaired) electrons. The molecule has 0 aliphatic carbocycles. The highest BCUT2D eigenvalue weighted by atomic mass is 14.5. The molecule has 0 bridgehead atoms. The van der Waals surface area contributed by atoms with Gasteiger partial charge in [0.15, 0.2) is 0 Å². The van der Waals surface area contributed by atoms with Crippen molar-refractivity contribution in [3.8, 4) is 0 Å². The molecule has 6 aromatic carbocycles. The molecule has 4 N–H and O–H groups in total. The van der Waals surface area contributed by atoms with E-state index in [1.807, 2.05) is 24.3 Å². The predicted octanol–water partition coefficient (Wildman–Crippen LogP) is 13.1. The molecular weight excluding hydrogens is 665 g/mol. The molecule has 55 heavy (non-hydrogen) atoms. The summed E-state index contributed by atoms with van der Waals surface area (Å²) in [6, 6.07) is 49.6. The fraction of sp³-hybridized carbons (Fsp3) is 0.321. The highest BCUT2D eigenvalue weighted by Gasteiger charge is 2.10. The van der Waals surface area contributed by atoms with E-state index in [0.29, 0.717) is 0 Å². The largest absolute Gasteiger partial charge is 0.399 e. The maximum Gasteiger partial charge on any atom is 0.0314 e. The van der Waals surface area contributed by atoms with Crippen LogP contribution in [0.3, 0.4) is 0 Å². The maximum absolute atomic E-state index is 5.94. The number of nitrogen functional groups attached to an aromatic ring is 2. The first-order valence-electron chi connectivity index (χ1n) is 21.0. The lowest BCUT2D eigenvalue weighted by Crippen LogP contribution is -2.00. The number of benzene rings is 6. The molecule has 0 amide bonds. The summed E-state index contributed by atoms with van der Waals surface area (Å²) < 4.78 is 0. The van der Waals surface area contributed by atoms with Crippen molar-refractivity contribution in [2.24, 2.45) is 0 Å². The van der Waals surface area contributed by atoms with E-state index in [2.05, 4.69) is 123 Å². The number of aryl methyl sites for hydroxylation is 2. The van der Waals surface area contributed by atoms with Crippen molar-refractivity contribution in [2.75, 3.05) is 11.5 Å². The molecule has 0 unspecified atom stereocenters. The second-order valence-corrected chi connectivity index (χ2v) is 15.8. The summed E-state index contributed by atoms with van der Waals surface area (Å²) in [5.41, 5.74) is 30.3. The standard InChI is InChI=1S/C53H62N2/c1-3-5-7-9-11-48-38-46(34-42-23-29-52(54)30-24-42)21-27-50(48)36-44-17-13-40(14-18-44)33-41-15-19-45(20-16-41)37-51-28-22-47(35-43-25-31-53(55)32-26-43)39-49(51)12-10-8-6-4-2/h13-32,38-39H,3-12,33-37,54-55H2,1-2H3. The van der Waals surface area contributed by atoms with Crippen LogP contribution in [0.1, 0.15) is 132 Å². The van der Waals surface area contributed by atoms with E-state index in [4.69, 9.17) is 11.5 Å². The molecule has 0 aliphatic rings. The molecule has 0 aromatic heterocycles. The molecule has 2 heteroatoms. The first kappa shape index (κ1) is 39.6. The van der Waals surface area contributed by atoms with Gasteiger partial charge in [0, 0.05) is 11.4 Å². The zero-order chi connectivity index (χ0) is 38.2. The quantitative estimate of drug-likeness (QED) is 0.0608. The third-order valence-electron chi connectivity index (χ3n) is 11.2. The third-order valence-corrected chi connectivity index (χ3v) is 11.2. The molecule has 6 aromatic rings. The van der Waals surface area contributed by atoms with Crippen LogP contribution < -0.4 is 11.5 Å². The van der Waals surface area contributed by atoms with Crippen LogP contribution in [0.5, 0.6) is 0 Å². The van der Waals surface area contributed by atoms with E-state index in [0.717, 1.165) is 56.3 Å². The number of hydrogen-bond donors (Lipinski definition) is 2. The number of unbranched alkanes of at least 4 members (excludes halogenated alkanes) is 6. The van der Waals surface area contributed by atoms with Crippen LogP contribution in [-0.4, -0.2) is 0 Å². The topological polar surface area (TPSA) is 52.0 Å². The molecule has 284 valence electrons. The SMILES string of the molecule is CCCCCCc1cc(Cc2ccc(N)cc2)ccc1Cc1ccc(Cc2ccc(Cc3ccc(Cc4ccc(N)cc4)cc3CCCCCC)cc2)cc1. The predicted molar refractivity (Wildman–Crippen MR) is 237 cm³/mol. The van der Waals surface area contributed by atoms with Crippen LogP contribution in [0, 0.1) is 0 Å². The van der Waals surface area contributed by atoms with Crippen molar-refractivity contribution >= 4 is 11.4 Å². The normalized spacial score (nSPS) is 11.2. The molecule has 0 spiro atoms. The van der Waals surface area contributed by atoms with Gasteiger partial charge in [-0.2, -0.15) is 0 Å². The van der Waals surface area contributed by atoms with E-state index in [9.17, 15) is 0 Å². The Balaban J connectivity index is 1.08. The Morgan fingerprint density at radius 3 is 0.927 bits per heavy atom. The number of hydrogen-bond acceptors (Lipinski definition) is 2. The smallest absolute Gasteiger partial charge is 0.0314 e. The molecule has 2 nitrogen and oxygen atoms in total. The summed E-state index contributed by atoms with van der Waals surface area (Å²) in [6.07, 6.45) is 17.3. The van der Waals surface area contributed by atoms with Crippen LogP contribution in [0.15, 0.2) is 133 Å². The van der Waals surface area contributed by atoms with E-state index in [-0.39, 0.29) is 0 Å². The number of anilines is 2. The van der Waals surface area contributed by atoms with Gasteiger partial charge in [0.25, 0.3) is 0 Å². The first-order chi connectivity index (χ1) is 26.9. The van der Waals surface area contributed by atoms with Gasteiger partial charge >= 0.3 is 0 Å². The summed E-state index contributed by atoms with van der Waals surface area (Å²) in [4.78, 5) is 0. The van der Waals surface area contributed by atoms with Crippen LogP contribution in [0.25, 0.3) is 0 Å². The molecule has 0 saturated carbocycles. The van der Waals surface area contributed by atoms with Crippen LogP contribution >= 0.6 is 0 Å². The van der Waals surface area contributed by atoms with Gasteiger partial charge < -0.3 is 11.5 Å². The van der Waals surface area contributed by atoms with Gasteiger partial charge in [-0.3, -0.25) is 0 Å². The molecule has 0 heterocycles. The molecule has 0 saturated heterocycles. The van der Waals surface area contributed by atoms with Crippen molar-refractivity contribution in [1.82, 2.24) is 0 Å². The molecule has 0 fully saturated rings. The molecular formula is C53H62N2. The van der Waals surface area contributed by atoms with Gasteiger partial charge in [0.05, 0.1) is 0 Å². The molecule has 0 atom stereocenters. The van der Waals surface area contributed by atoms with E-state index < -0.39 is 0 Å². The van der Waals surface area contributed by atoms with Crippen molar-refractivity contribution in [2.45, 2.75) is 110 Å². The molecule has 0 aliphatic heterocycles. The minimum absolute atomic E-state index is 0.821. The van der Waals surface area contributed by atoms with Gasteiger partial charge in [0.2, 0.25) is 0 Å². The average molecular weight is 727 g/mol. The zero-order valence-electron chi connectivity index (χ0n) is 33.5. The Bertz CT molecular complexity index is 1890. The summed E-state index contributed by atoms with van der Waals surface area (Å²) in [5, 5.41) is 0. The van der Waals surface area contributed by atoms with Crippen molar-refractivity contribution in [3.63, 3.8) is 0 Å². The van der Waals surface area contributed by atoms with Gasteiger partial charge in [-0.1, -0.05) is 162 Å². The lowest BCUT2D eigenvalue weighted by molar-refractivity contribution is 0.665. The lowest BCUT2D eigenvalue weighted by atomic mass is 9.91. The van der Waals surface area contributed by atoms with Gasteiger partial charge in [-0.05, 0) is 149 Å². The second kappa shape index (κ2) is 20.6. The van der Waals surface area contributed by atoms with E-state index in [1.54, 1.807) is 0 Å². The Morgan fingerprint density at radius 2 is 0.582 bits per heavy atom. The van der Waals surface area contributed by atoms with Crippen LogP contribution in [0.4, 0.5) is 11.4 Å². The van der Waals surface area contributed by atoms with Crippen LogP contribution in [0.2, 0.25) is 0 Å². The summed E-state index contributed by atoms with van der Waals surface area (Å²) >= 11 is 0. The van der Waals surface area contributed by atoms with Crippen LogP contribution in [-0.2, 0) is 44.9 Å². The summed E-state index contributed by atoms with van der Waals surface area (Å²) in [7, 11) is 0. The Labute approximate surface area is 332 Å². The number of nitrogens with two attached hydrogens (primary N) is 2. The highest BCUT2D eigenvalue weighted by Crippen LogP contribution is 2.25. The van der Waals surface area contributed by atoms with Gasteiger partial charge in [-0.25, -0.2) is 0 Å². The minimum Gasteiger partial charge on any atom is -0.399 e. The van der Waals surface area contributed by atoms with E-state index >= 15 is 0 Å². The fourth-order valence-electron chi connectivity index (χ4n) is 7.84. The Kier molecular flexibility index (Phi) is 14.8.